The van der Waals surface area contributed by atoms with Crippen molar-refractivity contribution in [2.24, 2.45) is 0 Å². The van der Waals surface area contributed by atoms with Crippen molar-refractivity contribution in [1.29, 1.82) is 0 Å². The standard InChI is InChI=1S/C18H22N4O3S/c1-5-25-16(23)14-11(3)19-17-20-18(26-6-2)21-22(17)15(14)12-7-9-13(24-4)10-8-12/h7-10,15H,5-6H2,1-4H3,(H,19,20,21)/t15-/m0/s1. The Morgan fingerprint density at radius 3 is 2.65 bits per heavy atom. The van der Waals surface area contributed by atoms with Crippen LogP contribution in [-0.2, 0) is 9.53 Å². The second-order valence-electron chi connectivity index (χ2n) is 5.66. The number of anilines is 1. The number of nitrogens with zero attached hydrogens (tertiary/aromatic N) is 3. The predicted octanol–water partition coefficient (Wildman–Crippen LogP) is 3.25. The van der Waals surface area contributed by atoms with Crippen molar-refractivity contribution < 1.29 is 14.3 Å². The van der Waals surface area contributed by atoms with Crippen LogP contribution >= 0.6 is 11.8 Å². The van der Waals surface area contributed by atoms with Crippen LogP contribution in [0.2, 0.25) is 0 Å². The molecule has 0 unspecified atom stereocenters. The number of aromatic nitrogens is 3. The van der Waals surface area contributed by atoms with Crippen molar-refractivity contribution in [3.8, 4) is 5.75 Å². The summed E-state index contributed by atoms with van der Waals surface area (Å²) in [6.45, 7) is 6.01. The first-order valence-electron chi connectivity index (χ1n) is 8.47. The summed E-state index contributed by atoms with van der Waals surface area (Å²) < 4.78 is 12.3. The number of hydrogen-bond acceptors (Lipinski definition) is 7. The number of fused-ring (bicyclic) bond motifs is 1. The zero-order chi connectivity index (χ0) is 18.7. The molecule has 0 aliphatic carbocycles. The van der Waals surface area contributed by atoms with Crippen molar-refractivity contribution in [2.45, 2.75) is 32.0 Å². The summed E-state index contributed by atoms with van der Waals surface area (Å²) in [6.07, 6.45) is 0. The maximum absolute atomic E-state index is 12.6. The summed E-state index contributed by atoms with van der Waals surface area (Å²) in [6, 6.07) is 7.19. The van der Waals surface area contributed by atoms with Crippen LogP contribution in [0.25, 0.3) is 0 Å². The lowest BCUT2D eigenvalue weighted by atomic mass is 9.96. The van der Waals surface area contributed by atoms with Gasteiger partial charge in [-0.2, -0.15) is 4.98 Å². The molecule has 1 aliphatic heterocycles. The number of rotatable bonds is 6. The molecule has 8 heteroatoms. The van der Waals surface area contributed by atoms with Crippen LogP contribution in [0.1, 0.15) is 32.4 Å². The van der Waals surface area contributed by atoms with Crippen LogP contribution < -0.4 is 10.1 Å². The van der Waals surface area contributed by atoms with Crippen molar-refractivity contribution in [3.63, 3.8) is 0 Å². The molecule has 1 atom stereocenters. The molecule has 0 amide bonds. The fourth-order valence-electron chi connectivity index (χ4n) is 2.89. The van der Waals surface area contributed by atoms with Gasteiger partial charge in [-0.05, 0) is 37.3 Å². The summed E-state index contributed by atoms with van der Waals surface area (Å²) >= 11 is 1.56. The number of esters is 1. The monoisotopic (exact) mass is 374 g/mol. The number of hydrogen-bond donors (Lipinski definition) is 1. The van der Waals surface area contributed by atoms with Gasteiger partial charge in [0.1, 0.15) is 11.8 Å². The fourth-order valence-corrected chi connectivity index (χ4v) is 3.44. The molecule has 0 radical (unpaired) electrons. The van der Waals surface area contributed by atoms with Crippen molar-refractivity contribution in [3.05, 3.63) is 41.1 Å². The molecular weight excluding hydrogens is 352 g/mol. The third-order valence-electron chi connectivity index (χ3n) is 4.03. The lowest BCUT2D eigenvalue weighted by molar-refractivity contribution is -0.139. The van der Waals surface area contributed by atoms with Gasteiger partial charge in [0, 0.05) is 5.70 Å². The van der Waals surface area contributed by atoms with Crippen molar-refractivity contribution >= 4 is 23.7 Å². The quantitative estimate of drug-likeness (QED) is 0.614. The molecule has 138 valence electrons. The fraction of sp³-hybridized carbons (Fsp3) is 0.389. The van der Waals surface area contributed by atoms with E-state index < -0.39 is 6.04 Å². The highest BCUT2D eigenvalue weighted by Gasteiger charge is 2.35. The highest BCUT2D eigenvalue weighted by Crippen LogP contribution is 2.37. The van der Waals surface area contributed by atoms with Gasteiger partial charge in [0.15, 0.2) is 0 Å². The van der Waals surface area contributed by atoms with Gasteiger partial charge in [0.2, 0.25) is 11.1 Å². The number of ether oxygens (including phenoxy) is 2. The van der Waals surface area contributed by atoms with E-state index in [1.807, 2.05) is 38.1 Å². The molecule has 2 heterocycles. The van der Waals surface area contributed by atoms with Gasteiger partial charge in [-0.15, -0.1) is 5.10 Å². The molecule has 0 bridgehead atoms. The number of carbonyl (C=O) groups excluding carboxylic acids is 1. The van der Waals surface area contributed by atoms with Gasteiger partial charge in [0.05, 0.1) is 19.3 Å². The third kappa shape index (κ3) is 3.41. The van der Waals surface area contributed by atoms with E-state index in [1.165, 1.54) is 0 Å². The average Bonchev–Trinajstić information content (AvgIpc) is 3.03. The number of benzene rings is 1. The molecule has 0 saturated heterocycles. The second-order valence-corrected chi connectivity index (χ2v) is 6.89. The van der Waals surface area contributed by atoms with Crippen LogP contribution in [0.3, 0.4) is 0 Å². The summed E-state index contributed by atoms with van der Waals surface area (Å²) in [7, 11) is 1.62. The SMILES string of the molecule is CCOC(=O)C1=C(C)Nc2nc(SCC)nn2[C@H]1c1ccc(OC)cc1. The first-order chi connectivity index (χ1) is 12.6. The Hall–Kier alpha value is -2.48. The van der Waals surface area contributed by atoms with Crippen LogP contribution in [0, 0.1) is 0 Å². The number of carbonyl (C=O) groups is 1. The first-order valence-corrected chi connectivity index (χ1v) is 9.45. The molecule has 1 aromatic carbocycles. The van der Waals surface area contributed by atoms with Gasteiger partial charge < -0.3 is 14.8 Å². The number of allylic oxidation sites excluding steroid dienone is 1. The summed E-state index contributed by atoms with van der Waals surface area (Å²) in [5.41, 5.74) is 2.16. The van der Waals surface area contributed by atoms with Crippen LogP contribution in [0.5, 0.6) is 5.75 Å². The van der Waals surface area contributed by atoms with E-state index in [2.05, 4.69) is 15.4 Å². The molecule has 0 fully saturated rings. The van der Waals surface area contributed by atoms with Gasteiger partial charge in [-0.1, -0.05) is 30.8 Å². The molecule has 1 aliphatic rings. The molecular formula is C18H22N4O3S. The lowest BCUT2D eigenvalue weighted by Gasteiger charge is -2.28. The number of thioether (sulfide) groups is 1. The Balaban J connectivity index is 2.11. The van der Waals surface area contributed by atoms with E-state index in [0.29, 0.717) is 23.3 Å². The summed E-state index contributed by atoms with van der Waals surface area (Å²) in [5.74, 6) is 1.88. The minimum Gasteiger partial charge on any atom is -0.497 e. The second kappa shape index (κ2) is 7.82. The Morgan fingerprint density at radius 2 is 2.04 bits per heavy atom. The van der Waals surface area contributed by atoms with Gasteiger partial charge in [-0.25, -0.2) is 9.48 Å². The Morgan fingerprint density at radius 1 is 1.31 bits per heavy atom. The average molecular weight is 374 g/mol. The highest BCUT2D eigenvalue weighted by molar-refractivity contribution is 7.99. The molecule has 26 heavy (non-hydrogen) atoms. The molecule has 7 nitrogen and oxygen atoms in total. The summed E-state index contributed by atoms with van der Waals surface area (Å²) in [5, 5.41) is 8.45. The molecule has 0 saturated carbocycles. The minimum atomic E-state index is -0.407. The van der Waals surface area contributed by atoms with Crippen molar-refractivity contribution in [2.75, 3.05) is 24.8 Å². The van der Waals surface area contributed by atoms with E-state index in [4.69, 9.17) is 9.47 Å². The van der Waals surface area contributed by atoms with E-state index in [1.54, 1.807) is 30.5 Å². The summed E-state index contributed by atoms with van der Waals surface area (Å²) in [4.78, 5) is 17.2. The minimum absolute atomic E-state index is 0.312. The molecule has 1 aromatic heterocycles. The normalized spacial score (nSPS) is 16.1. The van der Waals surface area contributed by atoms with Crippen LogP contribution in [0.15, 0.2) is 40.7 Å². The maximum atomic E-state index is 12.6. The number of methoxy groups -OCH3 is 1. The zero-order valence-electron chi connectivity index (χ0n) is 15.3. The molecule has 3 rings (SSSR count). The first kappa shape index (κ1) is 18.3. The Kier molecular flexibility index (Phi) is 5.51. The molecule has 1 N–H and O–H groups in total. The zero-order valence-corrected chi connectivity index (χ0v) is 16.1. The predicted molar refractivity (Wildman–Crippen MR) is 101 cm³/mol. The van der Waals surface area contributed by atoms with E-state index in [9.17, 15) is 4.79 Å². The van der Waals surface area contributed by atoms with E-state index in [0.717, 1.165) is 22.8 Å². The van der Waals surface area contributed by atoms with E-state index >= 15 is 0 Å². The smallest absolute Gasteiger partial charge is 0.338 e. The van der Waals surface area contributed by atoms with Crippen molar-refractivity contribution in [1.82, 2.24) is 14.8 Å². The topological polar surface area (TPSA) is 78.3 Å². The van der Waals surface area contributed by atoms with Crippen LogP contribution in [0.4, 0.5) is 5.95 Å². The van der Waals surface area contributed by atoms with Gasteiger partial charge >= 0.3 is 5.97 Å². The van der Waals surface area contributed by atoms with Crippen LogP contribution in [-0.4, -0.2) is 40.2 Å². The van der Waals surface area contributed by atoms with Gasteiger partial charge in [0.25, 0.3) is 0 Å². The molecule has 0 spiro atoms. The van der Waals surface area contributed by atoms with E-state index in [-0.39, 0.29) is 5.97 Å². The Bertz CT molecular complexity index is 829. The lowest BCUT2D eigenvalue weighted by Crippen LogP contribution is -2.29. The molecule has 2 aromatic rings. The third-order valence-corrected chi connectivity index (χ3v) is 4.75. The number of nitrogens with one attached hydrogen (secondary N) is 1. The largest absolute Gasteiger partial charge is 0.497 e. The highest BCUT2D eigenvalue weighted by atomic mass is 32.2. The Labute approximate surface area is 156 Å². The maximum Gasteiger partial charge on any atom is 0.338 e. The van der Waals surface area contributed by atoms with Gasteiger partial charge in [-0.3, -0.25) is 0 Å².